The molecule has 0 aliphatic carbocycles. The molecule has 0 unspecified atom stereocenters. The lowest BCUT2D eigenvalue weighted by Gasteiger charge is -2.20. The van der Waals surface area contributed by atoms with Crippen LogP contribution in [-0.4, -0.2) is 31.3 Å². The van der Waals surface area contributed by atoms with Crippen LogP contribution in [0.25, 0.3) is 6.08 Å². The second-order valence-electron chi connectivity index (χ2n) is 6.70. The number of allylic oxidation sites excluding steroid dienone is 1. The molecular formula is C22H19BrO7. The number of benzene rings is 2. The van der Waals surface area contributed by atoms with Crippen molar-refractivity contribution in [2.75, 3.05) is 13.4 Å². The third-order valence-electron chi connectivity index (χ3n) is 4.56. The number of carbonyl (C=O) groups is 2. The number of ketones is 1. The molecule has 0 aromatic heterocycles. The Labute approximate surface area is 181 Å². The molecule has 2 aliphatic heterocycles. The fraction of sp³-hybridized carbons (Fsp3) is 0.273. The molecule has 2 aliphatic rings. The summed E-state index contributed by atoms with van der Waals surface area (Å²) in [5.41, 5.74) is 2.02. The van der Waals surface area contributed by atoms with Crippen LogP contribution in [-0.2, 0) is 20.9 Å². The molecule has 0 amide bonds. The van der Waals surface area contributed by atoms with Crippen LogP contribution >= 0.6 is 15.9 Å². The number of halogens is 1. The van der Waals surface area contributed by atoms with Gasteiger partial charge in [0, 0.05) is 21.7 Å². The number of carbonyl (C=O) groups excluding carboxylic acids is 2. The van der Waals surface area contributed by atoms with Crippen molar-refractivity contribution in [1.29, 1.82) is 0 Å². The minimum Gasteiger partial charge on any atom is -0.479 e. The average Bonchev–Trinajstić information content (AvgIpc) is 3.02. The lowest BCUT2D eigenvalue weighted by molar-refractivity contribution is -0.150. The van der Waals surface area contributed by atoms with E-state index in [1.807, 2.05) is 12.1 Å². The molecule has 0 spiro atoms. The van der Waals surface area contributed by atoms with E-state index in [2.05, 4.69) is 15.9 Å². The summed E-state index contributed by atoms with van der Waals surface area (Å²) in [7, 11) is 0. The van der Waals surface area contributed by atoms with Crippen LogP contribution in [0.1, 0.15) is 35.3 Å². The summed E-state index contributed by atoms with van der Waals surface area (Å²) >= 11 is 3.47. The second kappa shape index (κ2) is 8.49. The fourth-order valence-electron chi connectivity index (χ4n) is 3.21. The SMILES string of the molecule is CCOC(=O)[C@@H](C)Oc1ccc2c(c1)OC(=Cc1cc(Br)cc3c1OCOC3)C2=O. The van der Waals surface area contributed by atoms with Gasteiger partial charge in [-0.05, 0) is 44.2 Å². The van der Waals surface area contributed by atoms with Gasteiger partial charge in [0.25, 0.3) is 0 Å². The summed E-state index contributed by atoms with van der Waals surface area (Å²) in [6, 6.07) is 8.60. The zero-order chi connectivity index (χ0) is 21.3. The predicted molar refractivity (Wildman–Crippen MR) is 111 cm³/mol. The highest BCUT2D eigenvalue weighted by atomic mass is 79.9. The highest BCUT2D eigenvalue weighted by Crippen LogP contribution is 2.38. The van der Waals surface area contributed by atoms with E-state index in [0.29, 0.717) is 35.0 Å². The molecule has 0 radical (unpaired) electrons. The maximum atomic E-state index is 12.8. The average molecular weight is 475 g/mol. The first-order chi connectivity index (χ1) is 14.5. The number of ether oxygens (including phenoxy) is 5. The van der Waals surface area contributed by atoms with Gasteiger partial charge in [-0.25, -0.2) is 4.79 Å². The van der Waals surface area contributed by atoms with Crippen molar-refractivity contribution in [2.45, 2.75) is 26.6 Å². The maximum absolute atomic E-state index is 12.8. The summed E-state index contributed by atoms with van der Waals surface area (Å²) in [5, 5.41) is 0. The van der Waals surface area contributed by atoms with Crippen LogP contribution in [0.15, 0.2) is 40.6 Å². The van der Waals surface area contributed by atoms with Crippen molar-refractivity contribution in [3.05, 3.63) is 57.3 Å². The van der Waals surface area contributed by atoms with E-state index in [1.54, 1.807) is 38.1 Å². The Morgan fingerprint density at radius 3 is 2.93 bits per heavy atom. The molecule has 2 aromatic rings. The van der Waals surface area contributed by atoms with Gasteiger partial charge in [0.15, 0.2) is 18.7 Å². The van der Waals surface area contributed by atoms with Crippen molar-refractivity contribution < 1.29 is 33.3 Å². The van der Waals surface area contributed by atoms with Gasteiger partial charge in [-0.1, -0.05) is 15.9 Å². The van der Waals surface area contributed by atoms with E-state index >= 15 is 0 Å². The third-order valence-corrected chi connectivity index (χ3v) is 5.02. The van der Waals surface area contributed by atoms with Gasteiger partial charge in [-0.15, -0.1) is 0 Å². The number of hydrogen-bond donors (Lipinski definition) is 0. The molecule has 2 heterocycles. The molecular weight excluding hydrogens is 456 g/mol. The number of Topliss-reactive ketones (excluding diaryl/α,β-unsaturated/α-hetero) is 1. The Balaban J connectivity index is 1.59. The first-order valence-corrected chi connectivity index (χ1v) is 10.2. The molecule has 0 N–H and O–H groups in total. The maximum Gasteiger partial charge on any atom is 0.347 e. The fourth-order valence-corrected chi connectivity index (χ4v) is 3.73. The van der Waals surface area contributed by atoms with Crippen LogP contribution < -0.4 is 14.2 Å². The van der Waals surface area contributed by atoms with Gasteiger partial charge in [0.05, 0.1) is 18.8 Å². The van der Waals surface area contributed by atoms with Crippen molar-refractivity contribution in [1.82, 2.24) is 0 Å². The summed E-state index contributed by atoms with van der Waals surface area (Å²) in [6.07, 6.45) is 0.877. The standard InChI is InChI=1S/C22H19BrO7/c1-3-27-22(25)12(2)29-16-4-5-17-18(9-16)30-19(20(17)24)8-13-6-15(23)7-14-10-26-11-28-21(13)14/h4-9,12H,3,10-11H2,1-2H3/t12-/m1/s1. The topological polar surface area (TPSA) is 80.3 Å². The summed E-state index contributed by atoms with van der Waals surface area (Å²) < 4.78 is 28.1. The largest absolute Gasteiger partial charge is 0.479 e. The highest BCUT2D eigenvalue weighted by molar-refractivity contribution is 9.10. The molecule has 1 atom stereocenters. The Morgan fingerprint density at radius 2 is 2.13 bits per heavy atom. The molecule has 0 fully saturated rings. The molecule has 0 saturated carbocycles. The van der Waals surface area contributed by atoms with Gasteiger partial charge in [-0.3, -0.25) is 4.79 Å². The number of hydrogen-bond acceptors (Lipinski definition) is 7. The van der Waals surface area contributed by atoms with Crippen LogP contribution in [0.3, 0.4) is 0 Å². The summed E-state index contributed by atoms with van der Waals surface area (Å²) in [6.45, 7) is 4.19. The predicted octanol–water partition coefficient (Wildman–Crippen LogP) is 4.26. The highest BCUT2D eigenvalue weighted by Gasteiger charge is 2.29. The van der Waals surface area contributed by atoms with Crippen LogP contribution in [0, 0.1) is 0 Å². The Kier molecular flexibility index (Phi) is 5.78. The van der Waals surface area contributed by atoms with E-state index in [0.717, 1.165) is 10.0 Å². The quantitative estimate of drug-likeness (QED) is 0.472. The van der Waals surface area contributed by atoms with Crippen molar-refractivity contribution >= 4 is 33.8 Å². The van der Waals surface area contributed by atoms with E-state index in [9.17, 15) is 9.59 Å². The molecule has 8 heteroatoms. The zero-order valence-electron chi connectivity index (χ0n) is 16.4. The van der Waals surface area contributed by atoms with Crippen molar-refractivity contribution in [3.63, 3.8) is 0 Å². The molecule has 4 rings (SSSR count). The number of fused-ring (bicyclic) bond motifs is 2. The van der Waals surface area contributed by atoms with Crippen LogP contribution in [0.2, 0.25) is 0 Å². The normalized spacial score (nSPS) is 16.9. The van der Waals surface area contributed by atoms with Gasteiger partial charge in [0.1, 0.15) is 17.2 Å². The van der Waals surface area contributed by atoms with Crippen LogP contribution in [0.5, 0.6) is 17.2 Å². The lowest BCUT2D eigenvalue weighted by atomic mass is 10.1. The second-order valence-corrected chi connectivity index (χ2v) is 7.62. The monoisotopic (exact) mass is 474 g/mol. The minimum atomic E-state index is -0.775. The number of rotatable bonds is 5. The molecule has 30 heavy (non-hydrogen) atoms. The Bertz CT molecular complexity index is 1040. The van der Waals surface area contributed by atoms with E-state index in [1.165, 1.54) is 0 Å². The zero-order valence-corrected chi connectivity index (χ0v) is 18.0. The van der Waals surface area contributed by atoms with Crippen molar-refractivity contribution in [3.8, 4) is 17.2 Å². The van der Waals surface area contributed by atoms with Gasteiger partial charge >= 0.3 is 5.97 Å². The summed E-state index contributed by atoms with van der Waals surface area (Å²) in [5.74, 6) is 0.916. The van der Waals surface area contributed by atoms with Crippen LogP contribution in [0.4, 0.5) is 0 Å². The first kappa shape index (κ1) is 20.4. The Morgan fingerprint density at radius 1 is 1.30 bits per heavy atom. The van der Waals surface area contributed by atoms with Gasteiger partial charge < -0.3 is 23.7 Å². The lowest BCUT2D eigenvalue weighted by Crippen LogP contribution is -2.26. The van der Waals surface area contributed by atoms with E-state index < -0.39 is 12.1 Å². The van der Waals surface area contributed by atoms with Gasteiger partial charge in [0.2, 0.25) is 5.78 Å². The van der Waals surface area contributed by atoms with E-state index in [4.69, 9.17) is 23.7 Å². The van der Waals surface area contributed by atoms with Crippen molar-refractivity contribution in [2.24, 2.45) is 0 Å². The molecule has 7 nitrogen and oxygen atoms in total. The molecule has 0 bridgehead atoms. The summed E-state index contributed by atoms with van der Waals surface area (Å²) in [4.78, 5) is 24.6. The van der Waals surface area contributed by atoms with E-state index in [-0.39, 0.29) is 24.9 Å². The Hall–Kier alpha value is -2.84. The smallest absolute Gasteiger partial charge is 0.347 e. The molecule has 0 saturated heterocycles. The van der Waals surface area contributed by atoms with Gasteiger partial charge in [-0.2, -0.15) is 0 Å². The third kappa shape index (κ3) is 4.06. The number of esters is 1. The first-order valence-electron chi connectivity index (χ1n) is 9.41. The molecule has 2 aromatic carbocycles. The molecule has 156 valence electrons. The minimum absolute atomic E-state index is 0.152.